The molecule has 2 aliphatic heterocycles. The van der Waals surface area contributed by atoms with E-state index in [-0.39, 0.29) is 17.4 Å². The Morgan fingerprint density at radius 1 is 1.20 bits per heavy atom. The van der Waals surface area contributed by atoms with Gasteiger partial charge in [-0.05, 0) is 48.4 Å². The highest BCUT2D eigenvalue weighted by molar-refractivity contribution is 6.28. The second kappa shape index (κ2) is 8.04. The number of halogens is 1. The Kier molecular flexibility index (Phi) is 5.25. The van der Waals surface area contributed by atoms with Gasteiger partial charge in [0.15, 0.2) is 0 Å². The second-order valence-electron chi connectivity index (χ2n) is 8.31. The zero-order valence-electron chi connectivity index (χ0n) is 17.1. The Morgan fingerprint density at radius 3 is 2.77 bits per heavy atom. The summed E-state index contributed by atoms with van der Waals surface area (Å²) in [6.45, 7) is 5.48. The number of urea groups is 1. The van der Waals surface area contributed by atoms with Gasteiger partial charge in [0.2, 0.25) is 5.28 Å². The van der Waals surface area contributed by atoms with Crippen LogP contribution < -0.4 is 5.32 Å². The number of hydrogen-bond donors (Lipinski definition) is 1. The van der Waals surface area contributed by atoms with Gasteiger partial charge in [-0.2, -0.15) is 0 Å². The van der Waals surface area contributed by atoms with E-state index in [1.807, 2.05) is 9.80 Å². The minimum absolute atomic E-state index is 0.0172. The molecule has 1 N–H and O–H groups in total. The van der Waals surface area contributed by atoms with Crippen LogP contribution in [0.5, 0.6) is 0 Å². The maximum absolute atomic E-state index is 12.9. The summed E-state index contributed by atoms with van der Waals surface area (Å²) in [5.74, 6) is 1.43. The van der Waals surface area contributed by atoms with Crippen LogP contribution in [0, 0.1) is 0 Å². The lowest BCUT2D eigenvalue weighted by Gasteiger charge is -2.30. The van der Waals surface area contributed by atoms with Gasteiger partial charge < -0.3 is 19.9 Å². The standard InChI is InChI=1S/C22H26ClN5O2/c1-14(16-3-2-4-17(11-16)15-5-6-15)24-20-18-12-28(13-19(18)25-21(23)26-20)22(29)27-7-9-30-10-8-27/h2-4,11,14-15H,5-10,12-13H2,1H3,(H,24,25,26). The van der Waals surface area contributed by atoms with Crippen LogP contribution in [-0.4, -0.2) is 52.1 Å². The molecule has 3 heterocycles. The van der Waals surface area contributed by atoms with E-state index in [2.05, 4.69) is 46.5 Å². The summed E-state index contributed by atoms with van der Waals surface area (Å²) in [5, 5.41) is 3.72. The molecule has 7 nitrogen and oxygen atoms in total. The van der Waals surface area contributed by atoms with Gasteiger partial charge in [-0.25, -0.2) is 14.8 Å². The molecule has 1 saturated heterocycles. The number of anilines is 1. The van der Waals surface area contributed by atoms with E-state index in [0.29, 0.717) is 45.2 Å². The van der Waals surface area contributed by atoms with Gasteiger partial charge in [0.05, 0.1) is 32.0 Å². The lowest BCUT2D eigenvalue weighted by Crippen LogP contribution is -2.46. The fourth-order valence-corrected chi connectivity index (χ4v) is 4.41. The van der Waals surface area contributed by atoms with Gasteiger partial charge in [0.1, 0.15) is 5.82 Å². The van der Waals surface area contributed by atoms with Crippen LogP contribution in [0.4, 0.5) is 10.6 Å². The van der Waals surface area contributed by atoms with Crippen molar-refractivity contribution in [3.63, 3.8) is 0 Å². The minimum atomic E-state index is 0.0172. The second-order valence-corrected chi connectivity index (χ2v) is 8.65. The number of carbonyl (C=O) groups excluding carboxylic acids is 1. The van der Waals surface area contributed by atoms with Crippen molar-refractivity contribution in [2.75, 3.05) is 31.6 Å². The molecule has 1 aliphatic carbocycles. The van der Waals surface area contributed by atoms with Crippen molar-refractivity contribution in [3.8, 4) is 0 Å². The molecule has 0 radical (unpaired) electrons. The van der Waals surface area contributed by atoms with Gasteiger partial charge in [-0.15, -0.1) is 0 Å². The molecule has 1 unspecified atom stereocenters. The Balaban J connectivity index is 1.34. The lowest BCUT2D eigenvalue weighted by molar-refractivity contribution is 0.0429. The first-order valence-electron chi connectivity index (χ1n) is 10.6. The Bertz CT molecular complexity index is 959. The van der Waals surface area contributed by atoms with Crippen molar-refractivity contribution in [3.05, 3.63) is 51.9 Å². The molecule has 8 heteroatoms. The monoisotopic (exact) mass is 427 g/mol. The fraction of sp³-hybridized carbons (Fsp3) is 0.500. The lowest BCUT2D eigenvalue weighted by atomic mass is 10.0. The zero-order valence-corrected chi connectivity index (χ0v) is 17.9. The van der Waals surface area contributed by atoms with Gasteiger partial charge in [-0.1, -0.05) is 24.3 Å². The first-order chi connectivity index (χ1) is 14.6. The number of aromatic nitrogens is 2. The minimum Gasteiger partial charge on any atom is -0.378 e. The molecule has 1 saturated carbocycles. The third-order valence-corrected chi connectivity index (χ3v) is 6.29. The first-order valence-corrected chi connectivity index (χ1v) is 11.0. The number of nitrogens with one attached hydrogen (secondary N) is 1. The number of ether oxygens (including phenoxy) is 1. The normalized spacial score (nSPS) is 19.5. The number of fused-ring (bicyclic) bond motifs is 1. The summed E-state index contributed by atoms with van der Waals surface area (Å²) in [4.78, 5) is 25.4. The summed E-state index contributed by atoms with van der Waals surface area (Å²) >= 11 is 6.22. The average Bonchev–Trinajstić information content (AvgIpc) is 3.53. The SMILES string of the molecule is CC(Nc1nc(Cl)nc2c1CN(C(=O)N1CCOCC1)C2)c1cccc(C2CC2)c1. The van der Waals surface area contributed by atoms with E-state index in [1.54, 1.807) is 0 Å². The number of benzene rings is 1. The highest BCUT2D eigenvalue weighted by Crippen LogP contribution is 2.41. The van der Waals surface area contributed by atoms with Gasteiger partial charge >= 0.3 is 6.03 Å². The maximum Gasteiger partial charge on any atom is 0.320 e. The van der Waals surface area contributed by atoms with E-state index in [4.69, 9.17) is 16.3 Å². The number of amides is 2. The number of rotatable bonds is 4. The van der Waals surface area contributed by atoms with Crippen LogP contribution in [-0.2, 0) is 17.8 Å². The van der Waals surface area contributed by atoms with E-state index in [0.717, 1.165) is 17.2 Å². The van der Waals surface area contributed by atoms with Crippen molar-refractivity contribution in [1.82, 2.24) is 19.8 Å². The summed E-state index contributed by atoms with van der Waals surface area (Å²) in [7, 11) is 0. The van der Waals surface area contributed by atoms with Crippen LogP contribution in [0.15, 0.2) is 24.3 Å². The highest BCUT2D eigenvalue weighted by Gasteiger charge is 2.32. The molecular formula is C22H26ClN5O2. The van der Waals surface area contributed by atoms with Crippen molar-refractivity contribution in [2.24, 2.45) is 0 Å². The topological polar surface area (TPSA) is 70.6 Å². The van der Waals surface area contributed by atoms with Crippen molar-refractivity contribution in [1.29, 1.82) is 0 Å². The number of hydrogen-bond acceptors (Lipinski definition) is 5. The first kappa shape index (κ1) is 19.6. The number of carbonyl (C=O) groups is 1. The molecule has 1 aromatic carbocycles. The number of morpholine rings is 1. The Labute approximate surface area is 181 Å². The zero-order chi connectivity index (χ0) is 20.7. The third-order valence-electron chi connectivity index (χ3n) is 6.12. The Morgan fingerprint density at radius 2 is 2.00 bits per heavy atom. The highest BCUT2D eigenvalue weighted by atomic mass is 35.5. The van der Waals surface area contributed by atoms with E-state index < -0.39 is 0 Å². The summed E-state index contributed by atoms with van der Waals surface area (Å²) in [6.07, 6.45) is 2.57. The van der Waals surface area contributed by atoms with Crippen LogP contribution >= 0.6 is 11.6 Å². The van der Waals surface area contributed by atoms with Crippen molar-refractivity contribution < 1.29 is 9.53 Å². The molecule has 2 fully saturated rings. The largest absolute Gasteiger partial charge is 0.378 e. The molecular weight excluding hydrogens is 402 g/mol. The number of nitrogens with zero attached hydrogens (tertiary/aromatic N) is 4. The van der Waals surface area contributed by atoms with Gasteiger partial charge in [-0.3, -0.25) is 0 Å². The van der Waals surface area contributed by atoms with Crippen molar-refractivity contribution >= 4 is 23.4 Å². The smallest absolute Gasteiger partial charge is 0.320 e. The average molecular weight is 428 g/mol. The van der Waals surface area contributed by atoms with E-state index in [9.17, 15) is 4.79 Å². The molecule has 3 aliphatic rings. The summed E-state index contributed by atoms with van der Waals surface area (Å²) in [5.41, 5.74) is 4.40. The molecule has 2 amide bonds. The predicted molar refractivity (Wildman–Crippen MR) is 115 cm³/mol. The fourth-order valence-electron chi connectivity index (χ4n) is 4.22. The van der Waals surface area contributed by atoms with Crippen LogP contribution in [0.1, 0.15) is 54.1 Å². The molecule has 158 valence electrons. The van der Waals surface area contributed by atoms with Gasteiger partial charge in [0.25, 0.3) is 0 Å². The molecule has 30 heavy (non-hydrogen) atoms. The predicted octanol–water partition coefficient (Wildman–Crippen LogP) is 3.95. The molecule has 0 spiro atoms. The Hall–Kier alpha value is -2.38. The molecule has 0 bridgehead atoms. The van der Waals surface area contributed by atoms with E-state index >= 15 is 0 Å². The third kappa shape index (κ3) is 3.96. The van der Waals surface area contributed by atoms with E-state index in [1.165, 1.54) is 24.0 Å². The molecule has 1 aromatic heterocycles. The molecule has 2 aromatic rings. The van der Waals surface area contributed by atoms with Crippen LogP contribution in [0.2, 0.25) is 5.28 Å². The molecule has 5 rings (SSSR count). The van der Waals surface area contributed by atoms with Crippen molar-refractivity contribution in [2.45, 2.75) is 44.8 Å². The maximum atomic E-state index is 12.9. The van der Waals surface area contributed by atoms with Gasteiger partial charge in [0, 0.05) is 24.7 Å². The quantitative estimate of drug-likeness (QED) is 0.748. The van der Waals surface area contributed by atoms with Crippen LogP contribution in [0.3, 0.4) is 0 Å². The molecule has 1 atom stereocenters. The van der Waals surface area contributed by atoms with Crippen LogP contribution in [0.25, 0.3) is 0 Å². The summed E-state index contributed by atoms with van der Waals surface area (Å²) < 4.78 is 5.36. The summed E-state index contributed by atoms with van der Waals surface area (Å²) in [6, 6.07) is 8.85.